The monoisotopic (exact) mass is 550 g/mol. The number of hydrazone groups is 1. The van der Waals surface area contributed by atoms with E-state index in [0.29, 0.717) is 12.2 Å². The number of carbonyl (C=O) groups is 1. The molecule has 1 amide bonds. The summed E-state index contributed by atoms with van der Waals surface area (Å²) in [6.07, 6.45) is 5.54. The van der Waals surface area contributed by atoms with Gasteiger partial charge in [-0.3, -0.25) is 4.79 Å². The molecule has 2 aromatic heterocycles. The zero-order chi connectivity index (χ0) is 28.7. The molecule has 6 heteroatoms. The maximum atomic E-state index is 13.3. The van der Waals surface area contributed by atoms with Crippen molar-refractivity contribution in [2.75, 3.05) is 6.61 Å². The number of nitrogens with one attached hydrogen (secondary N) is 1. The summed E-state index contributed by atoms with van der Waals surface area (Å²) in [7, 11) is 0. The molecule has 0 spiro atoms. The van der Waals surface area contributed by atoms with E-state index in [0.717, 1.165) is 45.2 Å². The van der Waals surface area contributed by atoms with Crippen LogP contribution < -0.4 is 10.2 Å². The van der Waals surface area contributed by atoms with Crippen molar-refractivity contribution in [2.24, 2.45) is 5.10 Å². The maximum Gasteiger partial charge on any atom is 0.273 e. The van der Waals surface area contributed by atoms with Gasteiger partial charge in [-0.25, -0.2) is 5.43 Å². The predicted molar refractivity (Wildman–Crippen MR) is 169 cm³/mol. The van der Waals surface area contributed by atoms with Crippen LogP contribution in [-0.4, -0.2) is 27.9 Å². The average molecular weight is 551 g/mol. The first-order chi connectivity index (χ1) is 20.7. The first kappa shape index (κ1) is 26.6. The van der Waals surface area contributed by atoms with E-state index < -0.39 is 0 Å². The highest BCUT2D eigenvalue weighted by atomic mass is 16.5. The summed E-state index contributed by atoms with van der Waals surface area (Å²) >= 11 is 0. The highest BCUT2D eigenvalue weighted by molar-refractivity contribution is 5.99. The van der Waals surface area contributed by atoms with Crippen LogP contribution in [0.3, 0.4) is 0 Å². The molecule has 0 atom stereocenters. The van der Waals surface area contributed by atoms with Gasteiger partial charge in [0, 0.05) is 23.6 Å². The Kier molecular flexibility index (Phi) is 7.77. The lowest BCUT2D eigenvalue weighted by Crippen LogP contribution is -2.19. The molecular formula is C36H30N4O2. The molecule has 206 valence electrons. The van der Waals surface area contributed by atoms with Crippen LogP contribution in [0.2, 0.25) is 0 Å². The lowest BCUT2D eigenvalue weighted by atomic mass is 10.1. The third-order valence-corrected chi connectivity index (χ3v) is 6.95. The van der Waals surface area contributed by atoms with Crippen molar-refractivity contribution in [3.8, 4) is 39.6 Å². The molecule has 0 aliphatic carbocycles. The van der Waals surface area contributed by atoms with E-state index in [9.17, 15) is 4.79 Å². The van der Waals surface area contributed by atoms with Gasteiger partial charge in [-0.2, -0.15) is 5.10 Å². The van der Waals surface area contributed by atoms with E-state index in [2.05, 4.69) is 57.6 Å². The van der Waals surface area contributed by atoms with Gasteiger partial charge in [0.15, 0.2) is 0 Å². The number of rotatable bonds is 9. The SMILES string of the molecule is CCOc1ccc(-n2c(-c3ccccc3)cc(/C=N\NC(=O)c3ccccc3-n3cccc3)c2-c2ccccc2)cc1. The first-order valence-corrected chi connectivity index (χ1v) is 13.9. The van der Waals surface area contributed by atoms with Crippen LogP contribution in [0.15, 0.2) is 145 Å². The zero-order valence-electron chi connectivity index (χ0n) is 23.2. The number of benzene rings is 4. The Morgan fingerprint density at radius 3 is 2.12 bits per heavy atom. The van der Waals surface area contributed by atoms with Gasteiger partial charge in [0.05, 0.1) is 35.5 Å². The molecule has 4 aromatic carbocycles. The third-order valence-electron chi connectivity index (χ3n) is 6.95. The number of ether oxygens (including phenoxy) is 1. The van der Waals surface area contributed by atoms with Crippen molar-refractivity contribution in [1.29, 1.82) is 0 Å². The number of hydrogen-bond donors (Lipinski definition) is 1. The van der Waals surface area contributed by atoms with Crippen LogP contribution in [0, 0.1) is 0 Å². The molecule has 0 aliphatic heterocycles. The molecule has 6 aromatic rings. The van der Waals surface area contributed by atoms with Crippen molar-refractivity contribution in [3.63, 3.8) is 0 Å². The topological polar surface area (TPSA) is 60.5 Å². The molecule has 0 aliphatic rings. The van der Waals surface area contributed by atoms with E-state index in [1.165, 1.54) is 0 Å². The highest BCUT2D eigenvalue weighted by Crippen LogP contribution is 2.35. The lowest BCUT2D eigenvalue weighted by Gasteiger charge is -2.15. The summed E-state index contributed by atoms with van der Waals surface area (Å²) in [6.45, 7) is 2.58. The van der Waals surface area contributed by atoms with Gasteiger partial charge in [0.25, 0.3) is 5.91 Å². The second kappa shape index (κ2) is 12.3. The Hall–Kier alpha value is -5.62. The Balaban J connectivity index is 1.43. The van der Waals surface area contributed by atoms with Crippen molar-refractivity contribution in [2.45, 2.75) is 6.92 Å². The molecule has 0 saturated heterocycles. The summed E-state index contributed by atoms with van der Waals surface area (Å²) in [5, 5.41) is 4.44. The van der Waals surface area contributed by atoms with Crippen LogP contribution in [0.25, 0.3) is 33.9 Å². The smallest absolute Gasteiger partial charge is 0.273 e. The van der Waals surface area contributed by atoms with Crippen molar-refractivity contribution < 1.29 is 9.53 Å². The standard InChI is InChI=1S/C36H30N4O2/c1-2-42-31-21-19-30(20-22-31)40-34(27-13-5-3-6-14-27)25-29(35(40)28-15-7-4-8-16-28)26-37-38-36(41)32-17-9-10-18-33(32)39-23-11-12-24-39/h3-26H,2H2,1H3,(H,38,41)/b37-26-. The number of para-hydroxylation sites is 1. The molecule has 6 nitrogen and oxygen atoms in total. The Morgan fingerprint density at radius 2 is 1.43 bits per heavy atom. The summed E-state index contributed by atoms with van der Waals surface area (Å²) in [5.41, 5.74) is 9.98. The van der Waals surface area contributed by atoms with Gasteiger partial charge >= 0.3 is 0 Å². The largest absolute Gasteiger partial charge is 0.494 e. The van der Waals surface area contributed by atoms with Crippen LogP contribution in [0.5, 0.6) is 5.75 Å². The van der Waals surface area contributed by atoms with Gasteiger partial charge in [-0.1, -0.05) is 72.8 Å². The fourth-order valence-electron chi connectivity index (χ4n) is 5.07. The molecule has 42 heavy (non-hydrogen) atoms. The van der Waals surface area contributed by atoms with Crippen LogP contribution in [0.4, 0.5) is 0 Å². The third kappa shape index (κ3) is 5.51. The summed E-state index contributed by atoms with van der Waals surface area (Å²) < 4.78 is 9.84. The molecule has 0 radical (unpaired) electrons. The Morgan fingerprint density at radius 1 is 0.786 bits per heavy atom. The molecule has 0 unspecified atom stereocenters. The number of nitrogens with zero attached hydrogens (tertiary/aromatic N) is 3. The fraction of sp³-hybridized carbons (Fsp3) is 0.0556. The van der Waals surface area contributed by atoms with Gasteiger partial charge in [-0.05, 0) is 72.6 Å². The minimum absolute atomic E-state index is 0.286. The highest BCUT2D eigenvalue weighted by Gasteiger charge is 2.19. The molecule has 0 saturated carbocycles. The molecule has 0 fully saturated rings. The fourth-order valence-corrected chi connectivity index (χ4v) is 5.07. The number of carbonyl (C=O) groups excluding carboxylic acids is 1. The second-order valence-corrected chi connectivity index (χ2v) is 9.63. The van der Waals surface area contributed by atoms with E-state index in [4.69, 9.17) is 4.74 Å². The number of hydrogen-bond acceptors (Lipinski definition) is 3. The quantitative estimate of drug-likeness (QED) is 0.148. The Labute approximate surface area is 245 Å². The summed E-state index contributed by atoms with van der Waals surface area (Å²) in [4.78, 5) is 13.3. The van der Waals surface area contributed by atoms with E-state index >= 15 is 0 Å². The van der Waals surface area contributed by atoms with Crippen molar-refractivity contribution in [3.05, 3.63) is 151 Å². The summed E-state index contributed by atoms with van der Waals surface area (Å²) in [5.74, 6) is 0.534. The predicted octanol–water partition coefficient (Wildman–Crippen LogP) is 7.76. The van der Waals surface area contributed by atoms with E-state index in [1.54, 1.807) is 12.3 Å². The van der Waals surface area contributed by atoms with Gasteiger partial charge in [-0.15, -0.1) is 0 Å². The van der Waals surface area contributed by atoms with E-state index in [-0.39, 0.29) is 5.91 Å². The van der Waals surface area contributed by atoms with Crippen molar-refractivity contribution in [1.82, 2.24) is 14.6 Å². The maximum absolute atomic E-state index is 13.3. The van der Waals surface area contributed by atoms with Crippen LogP contribution in [0.1, 0.15) is 22.8 Å². The average Bonchev–Trinajstić information content (AvgIpc) is 3.72. The summed E-state index contributed by atoms with van der Waals surface area (Å²) in [6, 6.07) is 42.0. The van der Waals surface area contributed by atoms with Gasteiger partial charge in [0.2, 0.25) is 0 Å². The minimum Gasteiger partial charge on any atom is -0.494 e. The van der Waals surface area contributed by atoms with E-state index in [1.807, 2.05) is 103 Å². The van der Waals surface area contributed by atoms with Crippen LogP contribution in [-0.2, 0) is 0 Å². The van der Waals surface area contributed by atoms with Crippen molar-refractivity contribution >= 4 is 12.1 Å². The Bertz CT molecular complexity index is 1800. The molecule has 6 rings (SSSR count). The second-order valence-electron chi connectivity index (χ2n) is 9.63. The van der Waals surface area contributed by atoms with Gasteiger partial charge < -0.3 is 13.9 Å². The number of amides is 1. The minimum atomic E-state index is -0.286. The molecule has 2 heterocycles. The first-order valence-electron chi connectivity index (χ1n) is 13.9. The molecule has 1 N–H and O–H groups in total. The van der Waals surface area contributed by atoms with Crippen LogP contribution >= 0.6 is 0 Å². The molecule has 0 bridgehead atoms. The lowest BCUT2D eigenvalue weighted by molar-refractivity contribution is 0.0955. The van der Waals surface area contributed by atoms with Gasteiger partial charge in [0.1, 0.15) is 5.75 Å². The molecular weight excluding hydrogens is 520 g/mol. The zero-order valence-corrected chi connectivity index (χ0v) is 23.2. The number of aromatic nitrogens is 2. The normalized spacial score (nSPS) is 11.1.